The van der Waals surface area contributed by atoms with Gasteiger partial charge in [0.15, 0.2) is 0 Å². The van der Waals surface area contributed by atoms with E-state index in [0.717, 1.165) is 63.4 Å². The van der Waals surface area contributed by atoms with Crippen LogP contribution in [0.25, 0.3) is 0 Å². The Kier molecular flexibility index (Phi) is 5.59. The third kappa shape index (κ3) is 3.89. The van der Waals surface area contributed by atoms with Gasteiger partial charge in [-0.1, -0.05) is 36.8 Å². The first-order valence-electron chi connectivity index (χ1n) is 11.7. The van der Waals surface area contributed by atoms with Crippen molar-refractivity contribution in [1.29, 1.82) is 0 Å². The molecule has 3 aliphatic rings. The van der Waals surface area contributed by atoms with Crippen molar-refractivity contribution >= 4 is 5.91 Å². The smallest absolute Gasteiger partial charge is 0.234 e. The maximum atomic E-state index is 13.0. The minimum atomic E-state index is -0.155. The van der Waals surface area contributed by atoms with Gasteiger partial charge in [-0.25, -0.2) is 0 Å². The van der Waals surface area contributed by atoms with Crippen LogP contribution in [0.15, 0.2) is 30.3 Å². The van der Waals surface area contributed by atoms with Crippen LogP contribution in [0.1, 0.15) is 74.5 Å². The average Bonchev–Trinajstić information content (AvgIpc) is 3.00. The lowest BCUT2D eigenvalue weighted by atomic mass is 9.72. The van der Waals surface area contributed by atoms with Gasteiger partial charge in [-0.3, -0.25) is 9.69 Å². The number of benzene rings is 1. The number of rotatable bonds is 5. The Morgan fingerprint density at radius 2 is 1.90 bits per heavy atom. The number of piperidine rings is 1. The summed E-state index contributed by atoms with van der Waals surface area (Å²) in [6.45, 7) is 3.42. The Morgan fingerprint density at radius 1 is 1.03 bits per heavy atom. The van der Waals surface area contributed by atoms with Gasteiger partial charge in [0, 0.05) is 25.4 Å². The standard InChI is InChI=1S/C24H33N5O/c30-22(25-24(13-8-14-24)20-10-3-1-4-11-20)18-28-15-7-9-19(17-28)23-27-26-21-12-5-2-6-16-29(21)23/h1,3-4,10-11,19H,2,5-9,12-18H2,(H,25,30). The predicted molar refractivity (Wildman–Crippen MR) is 116 cm³/mol. The second-order valence-corrected chi connectivity index (χ2v) is 9.36. The Balaban J connectivity index is 1.23. The van der Waals surface area contributed by atoms with Crippen molar-refractivity contribution in [2.45, 2.75) is 75.8 Å². The largest absolute Gasteiger partial charge is 0.345 e. The molecule has 1 aromatic heterocycles. The molecule has 1 N–H and O–H groups in total. The molecule has 1 saturated heterocycles. The molecule has 2 fully saturated rings. The van der Waals surface area contributed by atoms with Gasteiger partial charge >= 0.3 is 0 Å². The van der Waals surface area contributed by atoms with Crippen molar-refractivity contribution in [2.75, 3.05) is 19.6 Å². The Labute approximate surface area is 179 Å². The molecule has 30 heavy (non-hydrogen) atoms. The highest BCUT2D eigenvalue weighted by Crippen LogP contribution is 2.41. The lowest BCUT2D eigenvalue weighted by Crippen LogP contribution is -2.53. The Bertz CT molecular complexity index is 873. The number of nitrogens with zero attached hydrogens (tertiary/aromatic N) is 4. The highest BCUT2D eigenvalue weighted by atomic mass is 16.2. The van der Waals surface area contributed by atoms with Gasteiger partial charge in [0.2, 0.25) is 5.91 Å². The third-order valence-corrected chi connectivity index (χ3v) is 7.29. The molecule has 1 atom stereocenters. The molecule has 6 heteroatoms. The zero-order chi connectivity index (χ0) is 20.4. The maximum absolute atomic E-state index is 13.0. The van der Waals surface area contributed by atoms with E-state index in [2.05, 4.69) is 49.2 Å². The van der Waals surface area contributed by atoms with Crippen molar-refractivity contribution in [3.8, 4) is 0 Å². The van der Waals surface area contributed by atoms with Crippen LogP contribution in [-0.2, 0) is 23.3 Å². The first-order valence-corrected chi connectivity index (χ1v) is 11.7. The molecule has 0 bridgehead atoms. The number of fused-ring (bicyclic) bond motifs is 1. The first kappa shape index (κ1) is 19.7. The highest BCUT2D eigenvalue weighted by molar-refractivity contribution is 5.79. The number of amides is 1. The molecule has 5 rings (SSSR count). The normalized spacial score (nSPS) is 23.8. The van der Waals surface area contributed by atoms with Crippen LogP contribution in [0.5, 0.6) is 0 Å². The van der Waals surface area contributed by atoms with E-state index in [-0.39, 0.29) is 11.4 Å². The van der Waals surface area contributed by atoms with Crippen molar-refractivity contribution < 1.29 is 4.79 Å². The van der Waals surface area contributed by atoms with E-state index in [1.807, 2.05) is 6.07 Å². The number of likely N-dealkylation sites (tertiary alicyclic amines) is 1. The number of carbonyl (C=O) groups is 1. The number of hydrogen-bond donors (Lipinski definition) is 1. The highest BCUT2D eigenvalue weighted by Gasteiger charge is 2.40. The van der Waals surface area contributed by atoms with E-state index < -0.39 is 0 Å². The molecule has 160 valence electrons. The summed E-state index contributed by atoms with van der Waals surface area (Å²) < 4.78 is 2.37. The van der Waals surface area contributed by atoms with Gasteiger partial charge in [0.05, 0.1) is 12.1 Å². The second kappa shape index (κ2) is 8.50. The van der Waals surface area contributed by atoms with E-state index in [1.165, 1.54) is 31.2 Å². The minimum Gasteiger partial charge on any atom is -0.345 e. The van der Waals surface area contributed by atoms with Crippen LogP contribution in [0, 0.1) is 0 Å². The lowest BCUT2D eigenvalue weighted by Gasteiger charge is -2.43. The molecular weight excluding hydrogens is 374 g/mol. The first-order chi connectivity index (χ1) is 14.7. The molecule has 6 nitrogen and oxygen atoms in total. The molecule has 3 heterocycles. The van der Waals surface area contributed by atoms with Gasteiger partial charge in [0.1, 0.15) is 11.6 Å². The van der Waals surface area contributed by atoms with E-state index >= 15 is 0 Å². The number of aromatic nitrogens is 3. The molecule has 2 aromatic rings. The molecular formula is C24H33N5O. The fraction of sp³-hybridized carbons (Fsp3) is 0.625. The number of carbonyl (C=O) groups excluding carboxylic acids is 1. The Morgan fingerprint density at radius 3 is 2.70 bits per heavy atom. The molecule has 2 aliphatic heterocycles. The van der Waals surface area contributed by atoms with E-state index in [1.54, 1.807) is 0 Å². The van der Waals surface area contributed by atoms with Gasteiger partial charge in [-0.2, -0.15) is 0 Å². The van der Waals surface area contributed by atoms with Crippen molar-refractivity contribution in [1.82, 2.24) is 25.0 Å². The van der Waals surface area contributed by atoms with Gasteiger partial charge < -0.3 is 9.88 Å². The zero-order valence-electron chi connectivity index (χ0n) is 17.9. The summed E-state index contributed by atoms with van der Waals surface area (Å²) >= 11 is 0. The van der Waals surface area contributed by atoms with Crippen molar-refractivity contribution in [3.63, 3.8) is 0 Å². The molecule has 1 aliphatic carbocycles. The van der Waals surface area contributed by atoms with Crippen molar-refractivity contribution in [2.24, 2.45) is 0 Å². The average molecular weight is 408 g/mol. The second-order valence-electron chi connectivity index (χ2n) is 9.36. The minimum absolute atomic E-state index is 0.152. The predicted octanol–water partition coefficient (Wildman–Crippen LogP) is 3.38. The van der Waals surface area contributed by atoms with Gasteiger partial charge in [0.25, 0.3) is 0 Å². The summed E-state index contributed by atoms with van der Waals surface area (Å²) in [7, 11) is 0. The van der Waals surface area contributed by atoms with Gasteiger partial charge in [-0.05, 0) is 57.1 Å². The van der Waals surface area contributed by atoms with Crippen LogP contribution in [-0.4, -0.2) is 45.2 Å². The zero-order valence-corrected chi connectivity index (χ0v) is 17.9. The summed E-state index contributed by atoms with van der Waals surface area (Å²) in [5.74, 6) is 2.85. The number of hydrogen-bond acceptors (Lipinski definition) is 4. The molecule has 1 saturated carbocycles. The van der Waals surface area contributed by atoms with E-state index in [9.17, 15) is 4.79 Å². The van der Waals surface area contributed by atoms with Crippen LogP contribution in [0.3, 0.4) is 0 Å². The number of nitrogens with one attached hydrogen (secondary N) is 1. The molecule has 1 aromatic carbocycles. The summed E-state index contributed by atoms with van der Waals surface area (Å²) in [5.41, 5.74) is 1.09. The fourth-order valence-corrected chi connectivity index (χ4v) is 5.50. The fourth-order valence-electron chi connectivity index (χ4n) is 5.50. The van der Waals surface area contributed by atoms with Crippen LogP contribution < -0.4 is 5.32 Å². The molecule has 0 radical (unpaired) electrons. The monoisotopic (exact) mass is 407 g/mol. The van der Waals surface area contributed by atoms with E-state index in [4.69, 9.17) is 0 Å². The van der Waals surface area contributed by atoms with Crippen LogP contribution in [0.2, 0.25) is 0 Å². The topological polar surface area (TPSA) is 63.1 Å². The third-order valence-electron chi connectivity index (χ3n) is 7.29. The number of aryl methyl sites for hydroxylation is 1. The van der Waals surface area contributed by atoms with E-state index in [0.29, 0.717) is 12.5 Å². The van der Waals surface area contributed by atoms with Crippen molar-refractivity contribution in [3.05, 3.63) is 47.5 Å². The molecule has 0 spiro atoms. The summed E-state index contributed by atoms with van der Waals surface area (Å²) in [6.07, 6.45) is 10.3. The lowest BCUT2D eigenvalue weighted by molar-refractivity contribution is -0.125. The SMILES string of the molecule is O=C(CN1CCCC(c2nnc3n2CCCCC3)C1)NC1(c2ccccc2)CCC1. The molecule has 1 unspecified atom stereocenters. The van der Waals surface area contributed by atoms with Crippen LogP contribution >= 0.6 is 0 Å². The maximum Gasteiger partial charge on any atom is 0.234 e. The Hall–Kier alpha value is -2.21. The summed E-state index contributed by atoms with van der Waals surface area (Å²) in [4.78, 5) is 15.3. The van der Waals surface area contributed by atoms with Crippen LogP contribution in [0.4, 0.5) is 0 Å². The van der Waals surface area contributed by atoms with Gasteiger partial charge in [-0.15, -0.1) is 10.2 Å². The quantitative estimate of drug-likeness (QED) is 0.825. The summed E-state index contributed by atoms with van der Waals surface area (Å²) in [5, 5.41) is 12.5. The molecule has 1 amide bonds. The summed E-state index contributed by atoms with van der Waals surface area (Å²) in [6, 6.07) is 10.5.